The maximum Gasteiger partial charge on any atom is 0.312 e. The summed E-state index contributed by atoms with van der Waals surface area (Å²) in [4.78, 5) is 11.4. The zero-order chi connectivity index (χ0) is 20.9. The fourth-order valence-corrected chi connectivity index (χ4v) is 4.48. The van der Waals surface area contributed by atoms with Crippen molar-refractivity contribution < 1.29 is 23.8 Å². The van der Waals surface area contributed by atoms with Crippen LogP contribution in [0.4, 0.5) is 10.2 Å². The van der Waals surface area contributed by atoms with Crippen molar-refractivity contribution in [3.63, 3.8) is 0 Å². The van der Waals surface area contributed by atoms with Crippen molar-refractivity contribution in [2.45, 2.75) is 63.3 Å². The number of ether oxygens (including phenoxy) is 1. The number of nitrogens with two attached hydrogens (primary N) is 1. The van der Waals surface area contributed by atoms with Gasteiger partial charge in [-0.05, 0) is 18.1 Å². The molecule has 0 radical (unpaired) electrons. The lowest BCUT2D eigenvalue weighted by Crippen LogP contribution is -2.54. The summed E-state index contributed by atoms with van der Waals surface area (Å²) in [6.07, 6.45) is -0.393. The van der Waals surface area contributed by atoms with Gasteiger partial charge >= 0.3 is 6.08 Å². The van der Waals surface area contributed by atoms with Crippen LogP contribution in [-0.2, 0) is 9.16 Å². The van der Waals surface area contributed by atoms with E-state index in [0.29, 0.717) is 6.42 Å². The van der Waals surface area contributed by atoms with Gasteiger partial charge in [0.1, 0.15) is 11.8 Å². The average Bonchev–Trinajstić information content (AvgIpc) is 3.15. The largest absolute Gasteiger partial charge is 0.411 e. The predicted octanol–water partition coefficient (Wildman–Crippen LogP) is 1.58. The first-order valence-corrected chi connectivity index (χ1v) is 12.1. The zero-order valence-electron chi connectivity index (χ0n) is 16.8. The Hall–Kier alpha value is -1.66. The van der Waals surface area contributed by atoms with E-state index in [4.69, 9.17) is 14.9 Å². The van der Waals surface area contributed by atoms with Gasteiger partial charge in [-0.1, -0.05) is 20.8 Å². The molecule has 11 heteroatoms. The number of anilines is 1. The molecule has 2 atom stereocenters. The van der Waals surface area contributed by atoms with Crippen LogP contribution in [0.2, 0.25) is 18.1 Å². The Morgan fingerprint density at radius 3 is 2.57 bits per heavy atom. The molecule has 9 nitrogen and oxygen atoms in total. The first kappa shape index (κ1) is 21.1. The second-order valence-corrected chi connectivity index (χ2v) is 13.5. The number of nitrogen functional groups attached to an aromatic ring is 1. The van der Waals surface area contributed by atoms with Gasteiger partial charge in [0.25, 0.3) is 0 Å². The number of aromatic nitrogens is 4. The Kier molecular flexibility index (Phi) is 5.26. The zero-order valence-corrected chi connectivity index (χ0v) is 17.8. The second-order valence-electron chi connectivity index (χ2n) is 8.76. The molecule has 0 aromatic carbocycles. The molecule has 1 unspecified atom stereocenters. The summed E-state index contributed by atoms with van der Waals surface area (Å²) in [5, 5.41) is 20.0. The van der Waals surface area contributed by atoms with Gasteiger partial charge in [-0.3, -0.25) is 4.57 Å². The van der Waals surface area contributed by atoms with Gasteiger partial charge in [0.05, 0.1) is 25.6 Å². The summed E-state index contributed by atoms with van der Waals surface area (Å²) < 4.78 is 27.7. The minimum absolute atomic E-state index is 0.0613. The molecule has 1 aliphatic heterocycles. The van der Waals surface area contributed by atoms with Gasteiger partial charge in [0.2, 0.25) is 0 Å². The van der Waals surface area contributed by atoms with E-state index in [2.05, 4.69) is 48.8 Å². The van der Waals surface area contributed by atoms with Crippen molar-refractivity contribution in [2.24, 2.45) is 0 Å². The smallest absolute Gasteiger partial charge is 0.312 e. The molecular weight excluding hydrogens is 385 g/mol. The normalized spacial score (nSPS) is 22.9. The second kappa shape index (κ2) is 6.99. The minimum Gasteiger partial charge on any atom is -0.411 e. The van der Waals surface area contributed by atoms with Gasteiger partial charge in [0.15, 0.2) is 25.3 Å². The number of aliphatic hydroxyl groups excluding tert-OH is 2. The third-order valence-electron chi connectivity index (χ3n) is 5.88. The molecule has 1 fully saturated rings. The summed E-state index contributed by atoms with van der Waals surface area (Å²) in [6, 6.07) is 0. The number of nitrogens with zero attached hydrogens (tertiary/aromatic N) is 4. The third-order valence-corrected chi connectivity index (χ3v) is 10.4. The Bertz CT molecular complexity index is 865. The Labute approximate surface area is 163 Å². The number of imidazole rings is 1. The van der Waals surface area contributed by atoms with Crippen LogP contribution in [0, 0.1) is 6.08 Å². The molecule has 0 spiro atoms. The summed E-state index contributed by atoms with van der Waals surface area (Å²) in [6.45, 7) is 9.67. The molecule has 3 heterocycles. The minimum atomic E-state index is -2.21. The maximum absolute atomic E-state index is 13.7. The molecule has 1 saturated heterocycles. The van der Waals surface area contributed by atoms with Gasteiger partial charge in [0, 0.05) is 6.42 Å². The maximum atomic E-state index is 13.7. The lowest BCUT2D eigenvalue weighted by Gasteiger charge is -2.42. The van der Waals surface area contributed by atoms with Gasteiger partial charge in [-0.15, -0.1) is 0 Å². The summed E-state index contributed by atoms with van der Waals surface area (Å²) >= 11 is 0. The number of rotatable bonds is 5. The van der Waals surface area contributed by atoms with E-state index in [-0.39, 0.29) is 22.0 Å². The summed E-state index contributed by atoms with van der Waals surface area (Å²) in [5.41, 5.74) is 4.89. The van der Waals surface area contributed by atoms with Crippen molar-refractivity contribution in [2.75, 3.05) is 18.9 Å². The van der Waals surface area contributed by atoms with E-state index in [1.54, 1.807) is 0 Å². The lowest BCUT2D eigenvalue weighted by atomic mass is 9.99. The first-order valence-electron chi connectivity index (χ1n) is 9.17. The van der Waals surface area contributed by atoms with Gasteiger partial charge < -0.3 is 25.1 Å². The molecule has 0 amide bonds. The van der Waals surface area contributed by atoms with Crippen molar-refractivity contribution in [3.8, 4) is 0 Å². The molecular formula is C17H28FN5O4Si. The van der Waals surface area contributed by atoms with Gasteiger partial charge in [-0.25, -0.2) is 4.98 Å². The van der Waals surface area contributed by atoms with Crippen LogP contribution in [0.15, 0.2) is 6.33 Å². The molecule has 156 valence electrons. The number of hydrogen-bond donors (Lipinski definition) is 3. The molecule has 1 aliphatic rings. The molecule has 0 bridgehead atoms. The first-order chi connectivity index (χ1) is 12.9. The molecule has 28 heavy (non-hydrogen) atoms. The van der Waals surface area contributed by atoms with E-state index in [0.717, 1.165) is 0 Å². The molecule has 3 rings (SSSR count). The van der Waals surface area contributed by atoms with Crippen LogP contribution >= 0.6 is 0 Å². The van der Waals surface area contributed by atoms with Crippen molar-refractivity contribution in [1.29, 1.82) is 0 Å². The van der Waals surface area contributed by atoms with E-state index in [1.807, 2.05) is 0 Å². The van der Waals surface area contributed by atoms with E-state index in [1.165, 1.54) is 10.9 Å². The number of halogens is 1. The lowest BCUT2D eigenvalue weighted by molar-refractivity contribution is -0.146. The van der Waals surface area contributed by atoms with Gasteiger partial charge in [-0.2, -0.15) is 14.4 Å². The number of hydrogen-bond acceptors (Lipinski definition) is 8. The SMILES string of the molecule is CC(C)(C)[Si](C)(C)OC1C[C@H](n2cnc3c(N)nc(F)nc32)OC1(CO)CO. The summed E-state index contributed by atoms with van der Waals surface area (Å²) in [7, 11) is -2.21. The molecule has 0 saturated carbocycles. The monoisotopic (exact) mass is 413 g/mol. The van der Waals surface area contributed by atoms with Crippen molar-refractivity contribution >= 4 is 25.3 Å². The Morgan fingerprint density at radius 2 is 2.00 bits per heavy atom. The molecule has 2 aromatic rings. The van der Waals surface area contributed by atoms with Crippen LogP contribution in [0.3, 0.4) is 0 Å². The predicted molar refractivity (Wildman–Crippen MR) is 103 cm³/mol. The number of fused-ring (bicyclic) bond motifs is 1. The van der Waals surface area contributed by atoms with Crippen LogP contribution < -0.4 is 5.73 Å². The highest BCUT2D eigenvalue weighted by Gasteiger charge is 2.53. The Balaban J connectivity index is 1.98. The Morgan fingerprint density at radius 1 is 1.36 bits per heavy atom. The average molecular weight is 414 g/mol. The number of aliphatic hydroxyl groups is 2. The highest BCUT2D eigenvalue weighted by Crippen LogP contribution is 2.45. The van der Waals surface area contributed by atoms with Crippen LogP contribution in [0.1, 0.15) is 33.4 Å². The fraction of sp³-hybridized carbons (Fsp3) is 0.706. The molecule has 4 N–H and O–H groups in total. The van der Waals surface area contributed by atoms with Crippen LogP contribution in [-0.4, -0.2) is 63.0 Å². The van der Waals surface area contributed by atoms with E-state index < -0.39 is 45.5 Å². The van der Waals surface area contributed by atoms with Crippen LogP contribution in [0.25, 0.3) is 11.2 Å². The topological polar surface area (TPSA) is 129 Å². The van der Waals surface area contributed by atoms with E-state index >= 15 is 0 Å². The van der Waals surface area contributed by atoms with Crippen LogP contribution in [0.5, 0.6) is 0 Å². The van der Waals surface area contributed by atoms with E-state index in [9.17, 15) is 14.6 Å². The molecule has 0 aliphatic carbocycles. The fourth-order valence-electron chi connectivity index (χ4n) is 3.10. The highest BCUT2D eigenvalue weighted by molar-refractivity contribution is 6.74. The standard InChI is InChI=1S/C17H28FN5O4Si/c1-16(2,3)28(4,5)27-10-6-11(26-17(10,7-24)8-25)23-9-20-12-13(19)21-15(18)22-14(12)23/h9-11,24-25H,6-8H2,1-5H3,(H2,19,21,22)/t10?,11-/m1/s1. The quantitative estimate of drug-likeness (QED) is 0.498. The van der Waals surface area contributed by atoms with Crippen molar-refractivity contribution in [1.82, 2.24) is 19.5 Å². The molecule has 2 aromatic heterocycles. The summed E-state index contributed by atoms with van der Waals surface area (Å²) in [5.74, 6) is -0.0658. The van der Waals surface area contributed by atoms with Crippen molar-refractivity contribution in [3.05, 3.63) is 12.4 Å². The third kappa shape index (κ3) is 3.41. The highest BCUT2D eigenvalue weighted by atomic mass is 28.4.